The van der Waals surface area contributed by atoms with Gasteiger partial charge >= 0.3 is 0 Å². The molecule has 3 heterocycles. The van der Waals surface area contributed by atoms with Gasteiger partial charge < -0.3 is 0 Å². The second kappa shape index (κ2) is 8.96. The number of hydrogen-bond donors (Lipinski definition) is 0. The Morgan fingerprint density at radius 3 is 2.21 bits per heavy atom. The summed E-state index contributed by atoms with van der Waals surface area (Å²) in [5, 5.41) is 9.20. The van der Waals surface area contributed by atoms with Crippen LogP contribution in [0.1, 0.15) is 41.0 Å². The van der Waals surface area contributed by atoms with Gasteiger partial charge in [0.25, 0.3) is 5.70 Å². The van der Waals surface area contributed by atoms with E-state index in [-0.39, 0.29) is 11.1 Å². The van der Waals surface area contributed by atoms with Crippen molar-refractivity contribution in [2.75, 3.05) is 4.90 Å². The number of aryl methyl sites for hydroxylation is 2. The van der Waals surface area contributed by atoms with E-state index in [1.54, 1.807) is 28.7 Å². The maximum absolute atomic E-state index is 9.20. The summed E-state index contributed by atoms with van der Waals surface area (Å²) in [6, 6.07) is 23.4. The van der Waals surface area contributed by atoms with Crippen LogP contribution in [-0.4, -0.2) is 4.98 Å². The van der Waals surface area contributed by atoms with E-state index in [0.29, 0.717) is 0 Å². The topological polar surface area (TPSA) is 44.3 Å². The summed E-state index contributed by atoms with van der Waals surface area (Å²) >= 11 is 3.43. The van der Waals surface area contributed by atoms with Gasteiger partial charge in [0.1, 0.15) is 5.82 Å². The molecule has 0 spiro atoms. The SMILES string of the molecule is [C-]#[N+]/C(C#N)=C\c1cc2sc3c(c2s1)C(C)(C)c1cc(N(c2ccc(C)cc2)c2ccc(C)cc2)ncc1-3. The number of anilines is 3. The van der Waals surface area contributed by atoms with Gasteiger partial charge in [0.15, 0.2) is 0 Å². The fourth-order valence-electron chi connectivity index (χ4n) is 5.16. The minimum Gasteiger partial charge on any atom is -0.295 e. The largest absolute Gasteiger partial charge is 0.295 e. The van der Waals surface area contributed by atoms with E-state index >= 15 is 0 Å². The molecule has 0 saturated carbocycles. The minimum atomic E-state index is -0.212. The van der Waals surface area contributed by atoms with Crippen molar-refractivity contribution in [1.29, 1.82) is 5.26 Å². The molecule has 184 valence electrons. The van der Waals surface area contributed by atoms with Crippen LogP contribution in [0.15, 0.2) is 72.6 Å². The quantitative estimate of drug-likeness (QED) is 0.172. The van der Waals surface area contributed by atoms with Gasteiger partial charge in [-0.3, -0.25) is 4.90 Å². The van der Waals surface area contributed by atoms with Gasteiger partial charge in [-0.05, 0) is 67.4 Å². The molecule has 0 fully saturated rings. The highest BCUT2D eigenvalue weighted by atomic mass is 32.1. The molecule has 38 heavy (non-hydrogen) atoms. The summed E-state index contributed by atoms with van der Waals surface area (Å²) in [4.78, 5) is 12.8. The lowest BCUT2D eigenvalue weighted by Crippen LogP contribution is -2.17. The van der Waals surface area contributed by atoms with Crippen LogP contribution in [-0.2, 0) is 5.41 Å². The summed E-state index contributed by atoms with van der Waals surface area (Å²) in [7, 11) is 0. The number of thiophene rings is 2. The Morgan fingerprint density at radius 1 is 1.00 bits per heavy atom. The number of pyridine rings is 1. The molecular weight excluding hydrogens is 505 g/mol. The summed E-state index contributed by atoms with van der Waals surface area (Å²) in [5.74, 6) is 0.890. The number of nitriles is 1. The maximum atomic E-state index is 9.20. The zero-order valence-electron chi connectivity index (χ0n) is 21.5. The molecule has 6 rings (SSSR count). The Balaban J connectivity index is 1.48. The normalized spacial score (nSPS) is 13.6. The molecule has 0 radical (unpaired) electrons. The summed E-state index contributed by atoms with van der Waals surface area (Å²) in [6.45, 7) is 16.0. The Morgan fingerprint density at radius 2 is 1.63 bits per heavy atom. The molecule has 4 nitrogen and oxygen atoms in total. The number of hydrogen-bond acceptors (Lipinski definition) is 5. The second-order valence-corrected chi connectivity index (χ2v) is 12.3. The molecule has 3 aromatic heterocycles. The molecular formula is C32H24N4S2. The maximum Gasteiger partial charge on any atom is 0.263 e. The van der Waals surface area contributed by atoms with Crippen molar-refractivity contribution < 1.29 is 0 Å². The third-order valence-electron chi connectivity index (χ3n) is 7.14. The average Bonchev–Trinajstić information content (AvgIpc) is 3.52. The second-order valence-electron chi connectivity index (χ2n) is 10.1. The monoisotopic (exact) mass is 528 g/mol. The Bertz CT molecular complexity index is 1760. The molecule has 5 aromatic rings. The van der Waals surface area contributed by atoms with E-state index in [1.165, 1.54) is 42.1 Å². The number of fused-ring (bicyclic) bond motifs is 5. The first-order chi connectivity index (χ1) is 18.3. The van der Waals surface area contributed by atoms with Crippen molar-refractivity contribution in [3.63, 3.8) is 0 Å². The molecule has 0 unspecified atom stereocenters. The Hall–Kier alpha value is -4.23. The van der Waals surface area contributed by atoms with E-state index < -0.39 is 0 Å². The van der Waals surface area contributed by atoms with E-state index in [4.69, 9.17) is 11.6 Å². The highest BCUT2D eigenvalue weighted by Crippen LogP contribution is 2.57. The van der Waals surface area contributed by atoms with Crippen molar-refractivity contribution in [2.45, 2.75) is 33.1 Å². The summed E-state index contributed by atoms with van der Waals surface area (Å²) in [6.07, 6.45) is 3.72. The number of nitrogens with zero attached hydrogens (tertiary/aromatic N) is 4. The Kier molecular flexibility index (Phi) is 5.69. The lowest BCUT2D eigenvalue weighted by Gasteiger charge is -2.27. The molecule has 6 heteroatoms. The molecule has 2 aromatic carbocycles. The van der Waals surface area contributed by atoms with Crippen LogP contribution in [0, 0.1) is 31.8 Å². The van der Waals surface area contributed by atoms with Crippen LogP contribution >= 0.6 is 22.7 Å². The lowest BCUT2D eigenvalue weighted by molar-refractivity contribution is 0.667. The van der Waals surface area contributed by atoms with E-state index in [0.717, 1.165) is 22.1 Å². The molecule has 0 N–H and O–H groups in total. The average molecular weight is 529 g/mol. The van der Waals surface area contributed by atoms with Crippen molar-refractivity contribution >= 4 is 55.3 Å². The smallest absolute Gasteiger partial charge is 0.263 e. The molecule has 1 aliphatic rings. The zero-order valence-corrected chi connectivity index (χ0v) is 23.2. The fourth-order valence-corrected chi connectivity index (χ4v) is 8.08. The minimum absolute atomic E-state index is 0.110. The molecule has 0 saturated heterocycles. The van der Waals surface area contributed by atoms with Crippen molar-refractivity contribution in [2.24, 2.45) is 0 Å². The Labute approximate surface area is 230 Å². The van der Waals surface area contributed by atoms with Crippen LogP contribution in [0.3, 0.4) is 0 Å². The van der Waals surface area contributed by atoms with Crippen molar-refractivity contribution in [3.05, 3.63) is 111 Å². The molecule has 1 aliphatic carbocycles. The third-order valence-corrected chi connectivity index (χ3v) is 9.54. The van der Waals surface area contributed by atoms with Crippen LogP contribution < -0.4 is 4.90 Å². The predicted molar refractivity (Wildman–Crippen MR) is 159 cm³/mol. The number of aromatic nitrogens is 1. The van der Waals surface area contributed by atoms with Crippen LogP contribution in [0.5, 0.6) is 0 Å². The van der Waals surface area contributed by atoms with Crippen LogP contribution in [0.25, 0.3) is 30.8 Å². The van der Waals surface area contributed by atoms with Gasteiger partial charge in [-0.25, -0.2) is 15.1 Å². The molecule has 0 aliphatic heterocycles. The lowest BCUT2D eigenvalue weighted by atomic mass is 9.83. The highest BCUT2D eigenvalue weighted by molar-refractivity contribution is 7.30. The van der Waals surface area contributed by atoms with Crippen LogP contribution in [0.4, 0.5) is 17.2 Å². The molecule has 0 atom stereocenters. The highest BCUT2D eigenvalue weighted by Gasteiger charge is 2.40. The number of rotatable bonds is 4. The van der Waals surface area contributed by atoms with Crippen LogP contribution in [0.2, 0.25) is 0 Å². The van der Waals surface area contributed by atoms with Gasteiger partial charge in [-0.1, -0.05) is 49.2 Å². The zero-order chi connectivity index (χ0) is 26.6. The fraction of sp³-hybridized carbons (Fsp3) is 0.156. The molecule has 0 amide bonds. The third kappa shape index (κ3) is 3.82. The first-order valence-corrected chi connectivity index (χ1v) is 13.9. The van der Waals surface area contributed by atoms with Crippen molar-refractivity contribution in [3.8, 4) is 16.5 Å². The van der Waals surface area contributed by atoms with E-state index in [2.05, 4.69) is 98.1 Å². The standard InChI is InChI=1S/C32H24N4S2/c1-19-6-10-22(11-7-19)36(23-12-8-20(2)9-13-23)28-16-26-25(18-35-28)30-29(32(26,3)4)31-27(38-30)15-24(37-31)14-21(17-33)34-5/h6-16,18H,1-4H3/b21-14-. The number of benzene rings is 2. The van der Waals surface area contributed by atoms with Gasteiger partial charge in [-0.15, -0.1) is 22.7 Å². The molecule has 0 bridgehead atoms. The first kappa shape index (κ1) is 24.1. The van der Waals surface area contributed by atoms with Gasteiger partial charge in [0.2, 0.25) is 0 Å². The summed E-state index contributed by atoms with van der Waals surface area (Å²) in [5.41, 5.74) is 8.25. The van der Waals surface area contributed by atoms with E-state index in [9.17, 15) is 5.26 Å². The van der Waals surface area contributed by atoms with E-state index in [1.807, 2.05) is 12.3 Å². The predicted octanol–water partition coefficient (Wildman–Crippen LogP) is 9.53. The van der Waals surface area contributed by atoms with Gasteiger partial charge in [-0.2, -0.15) is 0 Å². The first-order valence-electron chi connectivity index (χ1n) is 12.3. The van der Waals surface area contributed by atoms with Gasteiger partial charge in [0.05, 0.1) is 17.3 Å². The number of allylic oxidation sites excluding steroid dienone is 1. The summed E-state index contributed by atoms with van der Waals surface area (Å²) < 4.78 is 2.42. The van der Waals surface area contributed by atoms with Crippen molar-refractivity contribution in [1.82, 2.24) is 4.98 Å². The van der Waals surface area contributed by atoms with Gasteiger partial charge in [0, 0.05) is 43.0 Å².